The molecule has 2 aromatic rings. The van der Waals surface area contributed by atoms with E-state index in [9.17, 15) is 17.6 Å². The number of hydrogen-bond acceptors (Lipinski definition) is 7. The number of carbonyl (C=O) groups is 1. The van der Waals surface area contributed by atoms with E-state index in [-0.39, 0.29) is 17.5 Å². The van der Waals surface area contributed by atoms with Gasteiger partial charge in [-0.2, -0.15) is 4.31 Å². The molecule has 1 aliphatic heterocycles. The van der Waals surface area contributed by atoms with Crippen molar-refractivity contribution in [1.82, 2.24) is 14.3 Å². The van der Waals surface area contributed by atoms with Crippen LogP contribution < -0.4 is 5.32 Å². The molecular weight excluding hydrogens is 539 g/mol. The van der Waals surface area contributed by atoms with Gasteiger partial charge in [0, 0.05) is 18.3 Å². The van der Waals surface area contributed by atoms with Crippen LogP contribution in [0.25, 0.3) is 11.3 Å². The van der Waals surface area contributed by atoms with Crippen LogP contribution in [0.4, 0.5) is 10.3 Å². The van der Waals surface area contributed by atoms with Crippen LogP contribution in [0.3, 0.4) is 0 Å². The van der Waals surface area contributed by atoms with Crippen molar-refractivity contribution < 1.29 is 22.3 Å². The number of fused-ring (bicyclic) bond motifs is 1. The Balaban J connectivity index is 1.61. The molecule has 0 amide bonds. The van der Waals surface area contributed by atoms with Crippen LogP contribution in [0.2, 0.25) is 0 Å². The van der Waals surface area contributed by atoms with Crippen LogP contribution in [0, 0.1) is 0 Å². The molecule has 2 unspecified atom stereocenters. The summed E-state index contributed by atoms with van der Waals surface area (Å²) in [6.07, 6.45) is 3.66. The van der Waals surface area contributed by atoms with Crippen molar-refractivity contribution in [2.75, 3.05) is 5.32 Å². The summed E-state index contributed by atoms with van der Waals surface area (Å²) in [4.78, 5) is 21.5. The molecule has 1 N–H and O–H groups in total. The van der Waals surface area contributed by atoms with E-state index in [0.29, 0.717) is 40.1 Å². The van der Waals surface area contributed by atoms with Crippen LogP contribution in [-0.4, -0.2) is 52.5 Å². The minimum absolute atomic E-state index is 0.0790. The van der Waals surface area contributed by atoms with Crippen LogP contribution in [-0.2, 0) is 26.1 Å². The third-order valence-corrected chi connectivity index (χ3v) is 8.75. The van der Waals surface area contributed by atoms with Gasteiger partial charge in [0.05, 0.1) is 21.1 Å². The minimum Gasteiger partial charge on any atom is -0.459 e. The van der Waals surface area contributed by atoms with Crippen molar-refractivity contribution in [3.05, 3.63) is 34.4 Å². The Morgan fingerprint density at radius 1 is 1.29 bits per heavy atom. The topological polar surface area (TPSA) is 101 Å². The number of ether oxygens (including phenoxy) is 1. The smallest absolute Gasteiger partial charge is 0.324 e. The Hall–Kier alpha value is -2.11. The summed E-state index contributed by atoms with van der Waals surface area (Å²) in [5.74, 6) is -0.307. The second kappa shape index (κ2) is 9.74. The van der Waals surface area contributed by atoms with Crippen molar-refractivity contribution in [1.29, 1.82) is 0 Å². The molecule has 0 bridgehead atoms. The lowest BCUT2D eigenvalue weighted by Crippen LogP contribution is -2.42. The number of anilines is 1. The van der Waals surface area contributed by atoms with Crippen LogP contribution in [0.15, 0.2) is 33.8 Å². The Morgan fingerprint density at radius 3 is 2.69 bits per heavy atom. The van der Waals surface area contributed by atoms with Gasteiger partial charge in [-0.25, -0.2) is 22.8 Å². The fraction of sp³-hybridized carbons (Fsp3) is 0.542. The highest BCUT2D eigenvalue weighted by Crippen LogP contribution is 2.37. The van der Waals surface area contributed by atoms with Gasteiger partial charge in [-0.15, -0.1) is 0 Å². The maximum atomic E-state index is 14.3. The predicted molar refractivity (Wildman–Crippen MR) is 134 cm³/mol. The largest absolute Gasteiger partial charge is 0.459 e. The molecule has 1 aromatic carbocycles. The van der Waals surface area contributed by atoms with E-state index >= 15 is 0 Å². The predicted octanol–water partition coefficient (Wildman–Crippen LogP) is 4.83. The van der Waals surface area contributed by atoms with Gasteiger partial charge in [0.2, 0.25) is 16.0 Å². The highest BCUT2D eigenvalue weighted by Gasteiger charge is 2.41. The number of aromatic nitrogens is 2. The van der Waals surface area contributed by atoms with E-state index in [2.05, 4.69) is 31.2 Å². The van der Waals surface area contributed by atoms with Crippen molar-refractivity contribution in [3.63, 3.8) is 0 Å². The number of benzene rings is 1. The average Bonchev–Trinajstić information content (AvgIpc) is 3.05. The van der Waals surface area contributed by atoms with Crippen molar-refractivity contribution in [2.24, 2.45) is 0 Å². The SMILES string of the molecule is C[C@H](C(=O)OC(C)(C)C)N1Cc2ccc(-c3nc(NC4CCCCC4F)ncc3Br)cc2S1(=O)=O. The van der Waals surface area contributed by atoms with Crippen molar-refractivity contribution >= 4 is 37.9 Å². The molecule has 8 nitrogen and oxygen atoms in total. The fourth-order valence-corrected chi connectivity index (χ4v) is 6.58. The summed E-state index contributed by atoms with van der Waals surface area (Å²) in [5, 5.41) is 3.09. The molecule has 11 heteroatoms. The number of esters is 1. The first-order valence-electron chi connectivity index (χ1n) is 11.7. The molecule has 3 atom stereocenters. The number of halogens is 2. The average molecular weight is 569 g/mol. The molecule has 1 aromatic heterocycles. The number of hydrogen-bond donors (Lipinski definition) is 1. The van der Waals surface area contributed by atoms with E-state index in [1.807, 2.05) is 0 Å². The van der Waals surface area contributed by atoms with Crippen LogP contribution in [0.1, 0.15) is 58.9 Å². The lowest BCUT2D eigenvalue weighted by Gasteiger charge is -2.26. The maximum Gasteiger partial charge on any atom is 0.324 e. The highest BCUT2D eigenvalue weighted by molar-refractivity contribution is 9.10. The third-order valence-electron chi connectivity index (χ3n) is 6.17. The zero-order chi connectivity index (χ0) is 25.5. The van der Waals surface area contributed by atoms with Gasteiger partial charge in [0.25, 0.3) is 0 Å². The van der Waals surface area contributed by atoms with E-state index in [1.54, 1.807) is 45.2 Å². The zero-order valence-electron chi connectivity index (χ0n) is 20.2. The zero-order valence-corrected chi connectivity index (χ0v) is 22.6. The van der Waals surface area contributed by atoms with Gasteiger partial charge in [0.1, 0.15) is 17.8 Å². The van der Waals surface area contributed by atoms with E-state index < -0.39 is 33.8 Å². The summed E-state index contributed by atoms with van der Waals surface area (Å²) >= 11 is 3.45. The van der Waals surface area contributed by atoms with Gasteiger partial charge in [-0.3, -0.25) is 4.79 Å². The number of alkyl halides is 1. The molecule has 35 heavy (non-hydrogen) atoms. The molecule has 2 aliphatic rings. The molecule has 0 radical (unpaired) electrons. The van der Waals surface area contributed by atoms with Crippen molar-refractivity contribution in [3.8, 4) is 11.3 Å². The number of sulfonamides is 1. The Labute approximate surface area is 213 Å². The number of carbonyl (C=O) groups excluding carboxylic acids is 1. The first-order chi connectivity index (χ1) is 16.4. The molecular formula is C24H30BrFN4O4S. The van der Waals surface area contributed by atoms with Gasteiger partial charge < -0.3 is 10.1 Å². The van der Waals surface area contributed by atoms with E-state index in [0.717, 1.165) is 17.1 Å². The molecule has 1 aliphatic carbocycles. The lowest BCUT2D eigenvalue weighted by molar-refractivity contribution is -0.159. The van der Waals surface area contributed by atoms with Gasteiger partial charge in [-0.1, -0.05) is 25.0 Å². The van der Waals surface area contributed by atoms with Crippen molar-refractivity contribution in [2.45, 2.75) is 88.7 Å². The monoisotopic (exact) mass is 568 g/mol. The van der Waals surface area contributed by atoms with Gasteiger partial charge in [0.15, 0.2) is 0 Å². The summed E-state index contributed by atoms with van der Waals surface area (Å²) in [7, 11) is -3.92. The fourth-order valence-electron chi connectivity index (χ4n) is 4.35. The molecule has 2 heterocycles. The molecule has 1 fully saturated rings. The molecule has 4 rings (SSSR count). The minimum atomic E-state index is -3.92. The molecule has 1 saturated carbocycles. The molecule has 0 spiro atoms. The van der Waals surface area contributed by atoms with Gasteiger partial charge >= 0.3 is 5.97 Å². The normalized spacial score (nSPS) is 22.9. The molecule has 0 saturated heterocycles. The maximum absolute atomic E-state index is 14.3. The first kappa shape index (κ1) is 26.0. The second-order valence-corrected chi connectivity index (χ2v) is 12.7. The Kier molecular flexibility index (Phi) is 7.23. The number of nitrogens with one attached hydrogen (secondary N) is 1. The number of nitrogens with zero attached hydrogens (tertiary/aromatic N) is 3. The van der Waals surface area contributed by atoms with Crippen LogP contribution in [0.5, 0.6) is 0 Å². The van der Waals surface area contributed by atoms with Crippen LogP contribution >= 0.6 is 15.9 Å². The summed E-state index contributed by atoms with van der Waals surface area (Å²) in [6.45, 7) is 6.82. The third kappa shape index (κ3) is 5.51. The summed E-state index contributed by atoms with van der Waals surface area (Å²) in [5.41, 5.74) is 0.928. The Morgan fingerprint density at radius 2 is 2.00 bits per heavy atom. The second-order valence-electron chi connectivity index (χ2n) is 10.0. The Bertz CT molecular complexity index is 1230. The van der Waals surface area contributed by atoms with E-state index in [4.69, 9.17) is 4.74 Å². The van der Waals surface area contributed by atoms with Gasteiger partial charge in [-0.05, 0) is 68.1 Å². The summed E-state index contributed by atoms with van der Waals surface area (Å²) in [6, 6.07) is 3.75. The highest BCUT2D eigenvalue weighted by atomic mass is 79.9. The van der Waals surface area contributed by atoms with E-state index in [1.165, 1.54) is 6.92 Å². The number of rotatable bonds is 5. The summed E-state index contributed by atoms with van der Waals surface area (Å²) < 4.78 is 48.1. The first-order valence-corrected chi connectivity index (χ1v) is 13.9. The lowest BCUT2D eigenvalue weighted by atomic mass is 9.94. The molecule has 190 valence electrons. The standard InChI is InChI=1S/C24H30BrFN4O4S/c1-14(22(31)34-24(2,3)4)30-13-16-10-9-15(11-20(16)35(30,32)33)21-17(25)12-27-23(29-21)28-19-8-6-5-7-18(19)26/h9-12,14,18-19H,5-8,13H2,1-4H3,(H,27,28,29)/t14-,18?,19?/m1/s1. The quantitative estimate of drug-likeness (QED) is 0.515.